The molecule has 0 spiro atoms. The fraction of sp³-hybridized carbons (Fsp3) is 0.312. The molecule has 0 bridgehead atoms. The zero-order valence-electron chi connectivity index (χ0n) is 14.2. The van der Waals surface area contributed by atoms with Crippen molar-refractivity contribution in [2.75, 3.05) is 31.1 Å². The number of sulfonamides is 1. The molecule has 3 aromatic rings. The average Bonchev–Trinajstić information content (AvgIpc) is 3.35. The van der Waals surface area contributed by atoms with Crippen LogP contribution in [0, 0.1) is 6.92 Å². The molecule has 0 unspecified atom stereocenters. The van der Waals surface area contributed by atoms with E-state index in [2.05, 4.69) is 19.9 Å². The highest BCUT2D eigenvalue weighted by atomic mass is 32.2. The minimum absolute atomic E-state index is 0.395. The van der Waals surface area contributed by atoms with Crippen LogP contribution >= 0.6 is 11.3 Å². The third kappa shape index (κ3) is 3.22. The quantitative estimate of drug-likeness (QED) is 0.672. The smallest absolute Gasteiger partial charge is 0.252 e. The zero-order valence-corrected chi connectivity index (χ0v) is 15.8. The van der Waals surface area contributed by atoms with E-state index >= 15 is 0 Å². The first kappa shape index (κ1) is 17.1. The average molecular weight is 390 g/mol. The summed E-state index contributed by atoms with van der Waals surface area (Å²) in [5.41, 5.74) is 0. The van der Waals surface area contributed by atoms with Gasteiger partial charge in [-0.05, 0) is 18.4 Å². The number of anilines is 1. The second-order valence-corrected chi connectivity index (χ2v) is 9.04. The van der Waals surface area contributed by atoms with Crippen molar-refractivity contribution in [2.24, 2.45) is 0 Å². The second kappa shape index (κ2) is 6.78. The minimum Gasteiger partial charge on any atom is -0.354 e. The summed E-state index contributed by atoms with van der Waals surface area (Å²) >= 11 is 1.25. The molecule has 1 fully saturated rings. The van der Waals surface area contributed by atoms with Crippen LogP contribution in [0.1, 0.15) is 5.82 Å². The summed E-state index contributed by atoms with van der Waals surface area (Å²) in [5, 5.41) is 1.78. The number of aromatic nitrogens is 4. The van der Waals surface area contributed by atoms with Gasteiger partial charge in [0.05, 0.1) is 0 Å². The van der Waals surface area contributed by atoms with Gasteiger partial charge in [0.15, 0.2) is 0 Å². The summed E-state index contributed by atoms with van der Waals surface area (Å²) in [7, 11) is -3.40. The predicted octanol–water partition coefficient (Wildman–Crippen LogP) is 1.54. The number of rotatable bonds is 4. The van der Waals surface area contributed by atoms with E-state index in [0.29, 0.717) is 36.2 Å². The molecule has 0 atom stereocenters. The molecule has 0 aliphatic carbocycles. The predicted molar refractivity (Wildman–Crippen MR) is 99.2 cm³/mol. The number of aryl methyl sites for hydroxylation is 1. The zero-order chi connectivity index (χ0) is 18.1. The van der Waals surface area contributed by atoms with Gasteiger partial charge in [0.1, 0.15) is 28.0 Å². The van der Waals surface area contributed by atoms with Gasteiger partial charge in [-0.25, -0.2) is 23.4 Å². The van der Waals surface area contributed by atoms with Crippen LogP contribution in [0.2, 0.25) is 0 Å². The molecule has 10 heteroatoms. The molecule has 4 rings (SSSR count). The third-order valence-corrected chi connectivity index (χ3v) is 7.50. The molecule has 1 aliphatic rings. The molecule has 0 saturated carbocycles. The second-order valence-electron chi connectivity index (χ2n) is 5.92. The number of imidazole rings is 1. The lowest BCUT2D eigenvalue weighted by Crippen LogP contribution is -2.48. The van der Waals surface area contributed by atoms with Gasteiger partial charge in [0, 0.05) is 44.6 Å². The van der Waals surface area contributed by atoms with Gasteiger partial charge < -0.3 is 4.90 Å². The van der Waals surface area contributed by atoms with Gasteiger partial charge in [-0.3, -0.25) is 4.57 Å². The fourth-order valence-electron chi connectivity index (χ4n) is 2.92. The largest absolute Gasteiger partial charge is 0.354 e. The maximum Gasteiger partial charge on any atom is 0.252 e. The first-order chi connectivity index (χ1) is 12.5. The summed E-state index contributed by atoms with van der Waals surface area (Å²) < 4.78 is 29.0. The van der Waals surface area contributed by atoms with Crippen molar-refractivity contribution < 1.29 is 8.42 Å². The van der Waals surface area contributed by atoms with Crippen LogP contribution in [0.5, 0.6) is 0 Å². The van der Waals surface area contributed by atoms with Crippen molar-refractivity contribution in [3.05, 3.63) is 48.1 Å². The Morgan fingerprint density at radius 3 is 2.54 bits per heavy atom. The van der Waals surface area contributed by atoms with Crippen LogP contribution in [0.25, 0.3) is 5.82 Å². The van der Waals surface area contributed by atoms with Crippen LogP contribution < -0.4 is 4.90 Å². The van der Waals surface area contributed by atoms with Crippen LogP contribution in [-0.2, 0) is 10.0 Å². The summed E-state index contributed by atoms with van der Waals surface area (Å²) in [5.74, 6) is 2.22. The van der Waals surface area contributed by atoms with E-state index in [0.717, 1.165) is 11.6 Å². The van der Waals surface area contributed by atoms with Gasteiger partial charge in [0.2, 0.25) is 0 Å². The number of thiophene rings is 1. The lowest BCUT2D eigenvalue weighted by atomic mass is 10.3. The molecule has 1 aliphatic heterocycles. The Bertz CT molecular complexity index is 978. The van der Waals surface area contributed by atoms with Crippen LogP contribution in [-0.4, -0.2) is 58.4 Å². The Labute approximate surface area is 155 Å². The molecular weight excluding hydrogens is 372 g/mol. The molecule has 0 N–H and O–H groups in total. The monoisotopic (exact) mass is 390 g/mol. The molecule has 0 amide bonds. The molecule has 0 radical (unpaired) electrons. The number of hydrogen-bond donors (Lipinski definition) is 0. The minimum atomic E-state index is -3.40. The molecule has 3 aromatic heterocycles. The van der Waals surface area contributed by atoms with E-state index in [9.17, 15) is 8.42 Å². The highest BCUT2D eigenvalue weighted by Crippen LogP contribution is 2.24. The number of nitrogens with zero attached hydrogens (tertiary/aromatic N) is 6. The van der Waals surface area contributed by atoms with E-state index in [-0.39, 0.29) is 0 Å². The SMILES string of the molecule is Cc1nc(N2CCN(S(=O)(=O)c3cccs3)CC2)cc(-n2ccnc2)n1. The summed E-state index contributed by atoms with van der Waals surface area (Å²) in [6, 6.07) is 5.31. The summed E-state index contributed by atoms with van der Waals surface area (Å²) in [6.07, 6.45) is 5.22. The maximum absolute atomic E-state index is 12.6. The van der Waals surface area contributed by atoms with Crippen molar-refractivity contribution in [3.8, 4) is 5.82 Å². The van der Waals surface area contributed by atoms with Crippen LogP contribution in [0.15, 0.2) is 46.5 Å². The normalized spacial score (nSPS) is 16.1. The molecule has 26 heavy (non-hydrogen) atoms. The molecule has 8 nitrogen and oxygen atoms in total. The lowest BCUT2D eigenvalue weighted by molar-refractivity contribution is 0.384. The number of piperazine rings is 1. The van der Waals surface area contributed by atoms with E-state index < -0.39 is 10.0 Å². The van der Waals surface area contributed by atoms with E-state index in [1.165, 1.54) is 11.3 Å². The van der Waals surface area contributed by atoms with Crippen molar-refractivity contribution in [1.82, 2.24) is 23.8 Å². The Hall–Kier alpha value is -2.30. The topological polar surface area (TPSA) is 84.2 Å². The fourth-order valence-corrected chi connectivity index (χ4v) is 5.49. The van der Waals surface area contributed by atoms with E-state index in [4.69, 9.17) is 0 Å². The summed E-state index contributed by atoms with van der Waals surface area (Å²) in [6.45, 7) is 3.89. The van der Waals surface area contributed by atoms with Crippen molar-refractivity contribution in [2.45, 2.75) is 11.1 Å². The molecule has 0 aromatic carbocycles. The first-order valence-corrected chi connectivity index (χ1v) is 10.5. The Kier molecular flexibility index (Phi) is 4.47. The van der Waals surface area contributed by atoms with Crippen LogP contribution in [0.3, 0.4) is 0 Å². The van der Waals surface area contributed by atoms with Gasteiger partial charge in [0.25, 0.3) is 10.0 Å². The van der Waals surface area contributed by atoms with E-state index in [1.54, 1.807) is 34.3 Å². The standard InChI is InChI=1S/C16H18N6O2S2/c1-13-18-14(11-15(19-13)21-5-4-17-12-21)20-6-8-22(9-7-20)26(23,24)16-3-2-10-25-16/h2-5,10-12H,6-9H2,1H3. The molecular formula is C16H18N6O2S2. The van der Waals surface area contributed by atoms with Gasteiger partial charge >= 0.3 is 0 Å². The van der Waals surface area contributed by atoms with E-state index in [1.807, 2.05) is 23.8 Å². The Balaban J connectivity index is 1.52. The van der Waals surface area contributed by atoms with Crippen molar-refractivity contribution in [1.29, 1.82) is 0 Å². The highest BCUT2D eigenvalue weighted by Gasteiger charge is 2.29. The maximum atomic E-state index is 12.6. The van der Waals surface area contributed by atoms with Gasteiger partial charge in [-0.15, -0.1) is 11.3 Å². The third-order valence-electron chi connectivity index (χ3n) is 4.23. The first-order valence-electron chi connectivity index (χ1n) is 8.17. The van der Waals surface area contributed by atoms with Crippen LogP contribution in [0.4, 0.5) is 5.82 Å². The molecule has 1 saturated heterocycles. The molecule has 4 heterocycles. The molecule has 136 valence electrons. The van der Waals surface area contributed by atoms with Crippen molar-refractivity contribution >= 4 is 27.2 Å². The van der Waals surface area contributed by atoms with Crippen molar-refractivity contribution in [3.63, 3.8) is 0 Å². The Morgan fingerprint density at radius 1 is 1.12 bits per heavy atom. The number of hydrogen-bond acceptors (Lipinski definition) is 7. The lowest BCUT2D eigenvalue weighted by Gasteiger charge is -2.34. The summed E-state index contributed by atoms with van der Waals surface area (Å²) in [4.78, 5) is 15.1. The van der Waals surface area contributed by atoms with Gasteiger partial charge in [-0.2, -0.15) is 4.31 Å². The van der Waals surface area contributed by atoms with Gasteiger partial charge in [-0.1, -0.05) is 6.07 Å². The highest BCUT2D eigenvalue weighted by molar-refractivity contribution is 7.91. The Morgan fingerprint density at radius 2 is 1.88 bits per heavy atom.